The van der Waals surface area contributed by atoms with Crippen LogP contribution < -0.4 is 5.32 Å². The normalized spacial score (nSPS) is 21.2. The zero-order valence-electron chi connectivity index (χ0n) is 21.4. The summed E-state index contributed by atoms with van der Waals surface area (Å²) in [6.45, 7) is 2.09. The van der Waals surface area contributed by atoms with E-state index in [1.54, 1.807) is 24.0 Å². The molecule has 1 fully saturated rings. The molecule has 0 aliphatic carbocycles. The predicted octanol–water partition coefficient (Wildman–Crippen LogP) is 4.69. The fourth-order valence-electron chi connectivity index (χ4n) is 4.34. The molecule has 10 heteroatoms. The molecule has 1 amide bonds. The lowest BCUT2D eigenvalue weighted by Crippen LogP contribution is -2.38. The van der Waals surface area contributed by atoms with Crippen molar-refractivity contribution in [3.05, 3.63) is 77.6 Å². The van der Waals surface area contributed by atoms with Gasteiger partial charge in [-0.25, -0.2) is 4.98 Å². The van der Waals surface area contributed by atoms with Gasteiger partial charge in [-0.05, 0) is 29.7 Å². The standard InChI is InChI=1S/C28H33N3O6S/c1-18-23(17-38-28-29-13-14-31(28)2)36-27(37-26(18)20-11-9-19(16-32)10-12-20)21-5-3-6-22(15-21)30-24(33)7-4-8-25(34)35/h3,5-6,9-15,18,23,26-27,32H,4,7-8,16-17H2,1-2H3,(H,30,33)(H,34,35)/t18-,23+,26+,27+/m0/s1. The van der Waals surface area contributed by atoms with E-state index in [4.69, 9.17) is 14.6 Å². The second-order valence-electron chi connectivity index (χ2n) is 9.37. The number of anilines is 1. The number of hydrogen-bond acceptors (Lipinski definition) is 7. The number of imidazole rings is 1. The molecule has 0 radical (unpaired) electrons. The van der Waals surface area contributed by atoms with Crippen LogP contribution in [0.4, 0.5) is 5.69 Å². The quantitative estimate of drug-likeness (QED) is 0.300. The summed E-state index contributed by atoms with van der Waals surface area (Å²) < 4.78 is 14.9. The maximum atomic E-state index is 12.3. The second-order valence-corrected chi connectivity index (χ2v) is 10.4. The predicted molar refractivity (Wildman–Crippen MR) is 143 cm³/mol. The van der Waals surface area contributed by atoms with Crippen LogP contribution in [0.2, 0.25) is 0 Å². The van der Waals surface area contributed by atoms with Gasteiger partial charge in [0.15, 0.2) is 11.4 Å². The molecule has 1 aromatic heterocycles. The topological polar surface area (TPSA) is 123 Å². The first kappa shape index (κ1) is 27.8. The van der Waals surface area contributed by atoms with Gasteiger partial charge in [0, 0.05) is 55.2 Å². The number of rotatable bonds is 11. The van der Waals surface area contributed by atoms with E-state index >= 15 is 0 Å². The number of hydrogen-bond donors (Lipinski definition) is 3. The van der Waals surface area contributed by atoms with Crippen LogP contribution in [0.1, 0.15) is 55.3 Å². The third kappa shape index (κ3) is 7.22. The Balaban J connectivity index is 1.52. The average Bonchev–Trinajstić information content (AvgIpc) is 3.32. The van der Waals surface area contributed by atoms with Gasteiger partial charge in [0.2, 0.25) is 5.91 Å². The maximum Gasteiger partial charge on any atom is 0.303 e. The lowest BCUT2D eigenvalue weighted by molar-refractivity contribution is -0.268. The van der Waals surface area contributed by atoms with Crippen molar-refractivity contribution in [2.24, 2.45) is 13.0 Å². The number of aliphatic hydroxyl groups excluding tert-OH is 1. The van der Waals surface area contributed by atoms with E-state index in [9.17, 15) is 14.7 Å². The van der Waals surface area contributed by atoms with Crippen molar-refractivity contribution in [3.8, 4) is 0 Å². The molecule has 0 bridgehead atoms. The minimum absolute atomic E-state index is 0.0230. The van der Waals surface area contributed by atoms with Crippen LogP contribution in [0.5, 0.6) is 0 Å². The van der Waals surface area contributed by atoms with Gasteiger partial charge in [-0.2, -0.15) is 0 Å². The van der Waals surface area contributed by atoms with Gasteiger partial charge in [0.25, 0.3) is 0 Å². The van der Waals surface area contributed by atoms with Crippen molar-refractivity contribution in [1.29, 1.82) is 0 Å². The maximum absolute atomic E-state index is 12.3. The van der Waals surface area contributed by atoms with Crippen molar-refractivity contribution in [2.75, 3.05) is 11.1 Å². The van der Waals surface area contributed by atoms with E-state index in [-0.39, 0.29) is 49.9 Å². The molecule has 1 aliphatic rings. The number of carboxylic acids is 1. The summed E-state index contributed by atoms with van der Waals surface area (Å²) in [5.41, 5.74) is 3.19. The third-order valence-electron chi connectivity index (χ3n) is 6.51. The number of benzene rings is 2. The van der Waals surface area contributed by atoms with Crippen molar-refractivity contribution in [3.63, 3.8) is 0 Å². The highest BCUT2D eigenvalue weighted by molar-refractivity contribution is 7.99. The fraction of sp³-hybridized carbons (Fsp3) is 0.393. The van der Waals surface area contributed by atoms with E-state index in [1.165, 1.54) is 0 Å². The van der Waals surface area contributed by atoms with Gasteiger partial charge in [0.1, 0.15) is 0 Å². The number of aromatic nitrogens is 2. The molecule has 0 saturated carbocycles. The van der Waals surface area contributed by atoms with Gasteiger partial charge in [-0.3, -0.25) is 9.59 Å². The first-order valence-corrected chi connectivity index (χ1v) is 13.5. The van der Waals surface area contributed by atoms with Crippen molar-refractivity contribution < 1.29 is 29.3 Å². The molecule has 1 saturated heterocycles. The molecule has 202 valence electrons. The molecular weight excluding hydrogens is 506 g/mol. The summed E-state index contributed by atoms with van der Waals surface area (Å²) in [7, 11) is 1.96. The largest absolute Gasteiger partial charge is 0.481 e. The summed E-state index contributed by atoms with van der Waals surface area (Å²) in [6, 6.07) is 15.1. The Morgan fingerprint density at radius 2 is 1.89 bits per heavy atom. The summed E-state index contributed by atoms with van der Waals surface area (Å²) in [5, 5.41) is 22.0. The molecule has 9 nitrogen and oxygen atoms in total. The number of nitrogens with one attached hydrogen (secondary N) is 1. The monoisotopic (exact) mass is 539 g/mol. The summed E-state index contributed by atoms with van der Waals surface area (Å²) in [6.07, 6.45) is 2.98. The van der Waals surface area contributed by atoms with Crippen LogP contribution in [-0.2, 0) is 32.7 Å². The highest BCUT2D eigenvalue weighted by Gasteiger charge is 2.38. The number of carbonyl (C=O) groups is 2. The fourth-order valence-corrected chi connectivity index (χ4v) is 5.44. The SMILES string of the molecule is C[C@H]1[C@@H](CSc2nccn2C)O[C@@H](c2cccc(NC(=O)CCCC(=O)O)c2)O[C@H]1c1ccc(CO)cc1. The Hall–Kier alpha value is -3.18. The minimum Gasteiger partial charge on any atom is -0.481 e. The van der Waals surface area contributed by atoms with Gasteiger partial charge >= 0.3 is 5.97 Å². The van der Waals surface area contributed by atoms with Crippen LogP contribution in [0.3, 0.4) is 0 Å². The van der Waals surface area contributed by atoms with Crippen LogP contribution in [0, 0.1) is 5.92 Å². The summed E-state index contributed by atoms with van der Waals surface area (Å²) in [4.78, 5) is 27.4. The molecule has 4 rings (SSSR count). The molecular formula is C28H33N3O6S. The number of aryl methyl sites for hydroxylation is 1. The van der Waals surface area contributed by atoms with E-state index in [2.05, 4.69) is 17.2 Å². The molecule has 38 heavy (non-hydrogen) atoms. The lowest BCUT2D eigenvalue weighted by atomic mass is 9.91. The number of ether oxygens (including phenoxy) is 2. The molecule has 2 heterocycles. The Morgan fingerprint density at radius 3 is 2.58 bits per heavy atom. The summed E-state index contributed by atoms with van der Waals surface area (Å²) >= 11 is 1.63. The number of aliphatic hydroxyl groups is 1. The number of amides is 1. The zero-order chi connectivity index (χ0) is 27.1. The highest BCUT2D eigenvalue weighted by Crippen LogP contribution is 2.43. The first-order chi connectivity index (χ1) is 18.3. The summed E-state index contributed by atoms with van der Waals surface area (Å²) in [5.74, 6) is -0.446. The van der Waals surface area contributed by atoms with Crippen LogP contribution >= 0.6 is 11.8 Å². The molecule has 0 unspecified atom stereocenters. The van der Waals surface area contributed by atoms with Crippen LogP contribution in [0.15, 0.2) is 66.1 Å². The number of aliphatic carboxylic acids is 1. The first-order valence-electron chi connectivity index (χ1n) is 12.6. The molecule has 0 spiro atoms. The molecule has 2 aromatic carbocycles. The van der Waals surface area contributed by atoms with Crippen molar-refractivity contribution in [1.82, 2.24) is 9.55 Å². The van der Waals surface area contributed by atoms with Gasteiger partial charge < -0.3 is 29.6 Å². The lowest BCUT2D eigenvalue weighted by Gasteiger charge is -2.41. The Morgan fingerprint density at radius 1 is 1.11 bits per heavy atom. The molecule has 1 aliphatic heterocycles. The van der Waals surface area contributed by atoms with Crippen LogP contribution in [0.25, 0.3) is 0 Å². The molecule has 3 N–H and O–H groups in total. The second kappa shape index (κ2) is 13.1. The van der Waals surface area contributed by atoms with Gasteiger partial charge in [-0.15, -0.1) is 0 Å². The Labute approximate surface area is 226 Å². The highest BCUT2D eigenvalue weighted by atomic mass is 32.2. The Bertz CT molecular complexity index is 1230. The van der Waals surface area contributed by atoms with E-state index in [0.29, 0.717) is 11.4 Å². The number of carboxylic acid groups (broad SMARTS) is 1. The smallest absolute Gasteiger partial charge is 0.303 e. The van der Waals surface area contributed by atoms with Gasteiger partial charge in [-0.1, -0.05) is 55.1 Å². The third-order valence-corrected chi connectivity index (χ3v) is 7.66. The molecule has 3 aromatic rings. The van der Waals surface area contributed by atoms with Crippen molar-refractivity contribution >= 4 is 29.3 Å². The number of thioether (sulfide) groups is 1. The van der Waals surface area contributed by atoms with Gasteiger partial charge in [0.05, 0.1) is 18.8 Å². The average molecular weight is 540 g/mol. The van der Waals surface area contributed by atoms with E-state index in [0.717, 1.165) is 21.8 Å². The zero-order valence-corrected chi connectivity index (χ0v) is 22.3. The van der Waals surface area contributed by atoms with E-state index in [1.807, 2.05) is 60.3 Å². The van der Waals surface area contributed by atoms with Crippen molar-refractivity contribution in [2.45, 2.75) is 56.4 Å². The Kier molecular flexibility index (Phi) is 9.57. The molecule has 4 atom stereocenters. The number of carbonyl (C=O) groups excluding carboxylic acids is 1. The number of nitrogens with zero attached hydrogens (tertiary/aromatic N) is 2. The minimum atomic E-state index is -0.920. The van der Waals surface area contributed by atoms with E-state index < -0.39 is 12.3 Å². The van der Waals surface area contributed by atoms with Crippen LogP contribution in [-0.4, -0.2) is 43.5 Å².